The fourth-order valence-corrected chi connectivity index (χ4v) is 2.95. The van der Waals surface area contributed by atoms with E-state index in [9.17, 15) is 10.1 Å². The number of nitrogens with one attached hydrogen (secondary N) is 1. The summed E-state index contributed by atoms with van der Waals surface area (Å²) in [7, 11) is 0. The second-order valence-electron chi connectivity index (χ2n) is 4.53. The van der Waals surface area contributed by atoms with Gasteiger partial charge in [0.1, 0.15) is 5.03 Å². The minimum absolute atomic E-state index is 0.0987. The lowest BCUT2D eigenvalue weighted by Gasteiger charge is -2.15. The SMILES string of the molecule is CCNC(C)c1cccnc1Sc1ccc([N+](=O)[O-])cc1. The van der Waals surface area contributed by atoms with Crippen molar-refractivity contribution >= 4 is 17.4 Å². The zero-order valence-corrected chi connectivity index (χ0v) is 12.8. The van der Waals surface area contributed by atoms with Crippen LogP contribution in [0.3, 0.4) is 0 Å². The molecule has 0 radical (unpaired) electrons. The minimum atomic E-state index is -0.395. The van der Waals surface area contributed by atoms with E-state index < -0.39 is 4.92 Å². The molecule has 0 amide bonds. The molecule has 1 unspecified atom stereocenters. The summed E-state index contributed by atoms with van der Waals surface area (Å²) in [5, 5.41) is 14.9. The van der Waals surface area contributed by atoms with Gasteiger partial charge in [-0.3, -0.25) is 10.1 Å². The number of non-ortho nitro benzene ring substituents is 1. The van der Waals surface area contributed by atoms with Gasteiger partial charge in [0.15, 0.2) is 0 Å². The van der Waals surface area contributed by atoms with E-state index >= 15 is 0 Å². The van der Waals surface area contributed by atoms with Crippen LogP contribution in [0, 0.1) is 10.1 Å². The maximum absolute atomic E-state index is 10.7. The van der Waals surface area contributed by atoms with Gasteiger partial charge in [0, 0.05) is 34.8 Å². The first-order chi connectivity index (χ1) is 10.1. The molecule has 0 aliphatic rings. The Kier molecular flexibility index (Phi) is 5.30. The van der Waals surface area contributed by atoms with Gasteiger partial charge in [0.2, 0.25) is 0 Å². The molecule has 5 nitrogen and oxygen atoms in total. The molecule has 1 atom stereocenters. The highest BCUT2D eigenvalue weighted by Gasteiger charge is 2.12. The van der Waals surface area contributed by atoms with Crippen LogP contribution in [0.25, 0.3) is 0 Å². The van der Waals surface area contributed by atoms with Gasteiger partial charge in [-0.2, -0.15) is 0 Å². The molecular weight excluding hydrogens is 286 g/mol. The van der Waals surface area contributed by atoms with Gasteiger partial charge in [-0.1, -0.05) is 24.8 Å². The fourth-order valence-electron chi connectivity index (χ4n) is 1.98. The Bertz CT molecular complexity index is 617. The predicted molar refractivity (Wildman–Crippen MR) is 83.5 cm³/mol. The van der Waals surface area contributed by atoms with Gasteiger partial charge < -0.3 is 5.32 Å². The van der Waals surface area contributed by atoms with Crippen LogP contribution in [-0.4, -0.2) is 16.5 Å². The zero-order valence-electron chi connectivity index (χ0n) is 11.9. The van der Waals surface area contributed by atoms with Crippen molar-refractivity contribution in [1.82, 2.24) is 10.3 Å². The Labute approximate surface area is 127 Å². The largest absolute Gasteiger partial charge is 0.310 e. The van der Waals surface area contributed by atoms with Crippen LogP contribution in [0.5, 0.6) is 0 Å². The van der Waals surface area contributed by atoms with Crippen LogP contribution in [0.15, 0.2) is 52.5 Å². The third-order valence-electron chi connectivity index (χ3n) is 3.04. The number of hydrogen-bond donors (Lipinski definition) is 1. The van der Waals surface area contributed by atoms with Crippen molar-refractivity contribution in [3.63, 3.8) is 0 Å². The van der Waals surface area contributed by atoms with E-state index in [2.05, 4.69) is 24.1 Å². The van der Waals surface area contributed by atoms with Gasteiger partial charge in [-0.15, -0.1) is 0 Å². The number of nitrogens with zero attached hydrogens (tertiary/aromatic N) is 2. The quantitative estimate of drug-likeness (QED) is 0.649. The molecule has 21 heavy (non-hydrogen) atoms. The standard InChI is InChI=1S/C15H17N3O2S/c1-3-16-11(2)14-5-4-10-17-15(14)21-13-8-6-12(7-9-13)18(19)20/h4-11,16H,3H2,1-2H3. The van der Waals surface area contributed by atoms with E-state index in [1.54, 1.807) is 18.3 Å². The summed E-state index contributed by atoms with van der Waals surface area (Å²) in [6.45, 7) is 5.05. The van der Waals surface area contributed by atoms with Crippen molar-refractivity contribution in [2.45, 2.75) is 29.8 Å². The maximum Gasteiger partial charge on any atom is 0.269 e. The lowest BCUT2D eigenvalue weighted by molar-refractivity contribution is -0.384. The van der Waals surface area contributed by atoms with Gasteiger partial charge in [0.05, 0.1) is 4.92 Å². The lowest BCUT2D eigenvalue weighted by Crippen LogP contribution is -2.18. The van der Waals surface area contributed by atoms with Crippen molar-refractivity contribution < 1.29 is 4.92 Å². The summed E-state index contributed by atoms with van der Waals surface area (Å²) in [5.74, 6) is 0. The van der Waals surface area contributed by atoms with Crippen LogP contribution in [0.4, 0.5) is 5.69 Å². The average molecular weight is 303 g/mol. The van der Waals surface area contributed by atoms with E-state index in [-0.39, 0.29) is 11.7 Å². The predicted octanol–water partition coefficient (Wildman–Crippen LogP) is 3.81. The van der Waals surface area contributed by atoms with Crippen molar-refractivity contribution in [2.24, 2.45) is 0 Å². The molecule has 0 saturated heterocycles. The van der Waals surface area contributed by atoms with Crippen LogP contribution in [0.2, 0.25) is 0 Å². The molecule has 0 fully saturated rings. The lowest BCUT2D eigenvalue weighted by atomic mass is 10.1. The molecule has 110 valence electrons. The summed E-state index contributed by atoms with van der Waals surface area (Å²) in [5.41, 5.74) is 1.23. The second-order valence-corrected chi connectivity index (χ2v) is 5.59. The van der Waals surface area contributed by atoms with E-state index in [1.807, 2.05) is 12.1 Å². The molecule has 2 aromatic rings. The highest BCUT2D eigenvalue weighted by atomic mass is 32.2. The number of nitro groups is 1. The fraction of sp³-hybridized carbons (Fsp3) is 0.267. The molecule has 1 N–H and O–H groups in total. The molecule has 1 heterocycles. The van der Waals surface area contributed by atoms with Gasteiger partial charge in [-0.05, 0) is 31.7 Å². The van der Waals surface area contributed by atoms with Gasteiger partial charge in [0.25, 0.3) is 5.69 Å². The van der Waals surface area contributed by atoms with Crippen LogP contribution in [0.1, 0.15) is 25.5 Å². The molecule has 0 saturated carbocycles. The molecule has 1 aromatic carbocycles. The Morgan fingerprint density at radius 2 is 2.05 bits per heavy atom. The molecule has 1 aromatic heterocycles. The third-order valence-corrected chi connectivity index (χ3v) is 4.08. The minimum Gasteiger partial charge on any atom is -0.310 e. The first-order valence-electron chi connectivity index (χ1n) is 6.72. The first kappa shape index (κ1) is 15.5. The van der Waals surface area contributed by atoms with Crippen molar-refractivity contribution in [1.29, 1.82) is 0 Å². The summed E-state index contributed by atoms with van der Waals surface area (Å²) >= 11 is 1.52. The monoisotopic (exact) mass is 303 g/mol. The van der Waals surface area contributed by atoms with Crippen LogP contribution < -0.4 is 5.32 Å². The van der Waals surface area contributed by atoms with Gasteiger partial charge in [-0.25, -0.2) is 4.98 Å². The Morgan fingerprint density at radius 1 is 1.33 bits per heavy atom. The molecular formula is C15H17N3O2S. The molecule has 0 bridgehead atoms. The van der Waals surface area contributed by atoms with Crippen LogP contribution >= 0.6 is 11.8 Å². The number of pyridine rings is 1. The molecule has 0 spiro atoms. The number of benzene rings is 1. The highest BCUT2D eigenvalue weighted by molar-refractivity contribution is 7.99. The van der Waals surface area contributed by atoms with E-state index in [0.717, 1.165) is 22.0 Å². The molecule has 0 aliphatic heterocycles. The van der Waals surface area contributed by atoms with Gasteiger partial charge >= 0.3 is 0 Å². The molecule has 0 aliphatic carbocycles. The summed E-state index contributed by atoms with van der Waals surface area (Å²) in [4.78, 5) is 15.6. The zero-order chi connectivity index (χ0) is 15.2. The second kappa shape index (κ2) is 7.19. The van der Waals surface area contributed by atoms with E-state index in [4.69, 9.17) is 0 Å². The first-order valence-corrected chi connectivity index (χ1v) is 7.54. The number of aromatic nitrogens is 1. The van der Waals surface area contributed by atoms with E-state index in [0.29, 0.717) is 0 Å². The van der Waals surface area contributed by atoms with Crippen LogP contribution in [-0.2, 0) is 0 Å². The number of hydrogen-bond acceptors (Lipinski definition) is 5. The Morgan fingerprint density at radius 3 is 2.67 bits per heavy atom. The summed E-state index contributed by atoms with van der Waals surface area (Å²) in [6, 6.07) is 10.7. The topological polar surface area (TPSA) is 68.1 Å². The number of nitro benzene ring substituents is 1. The Hall–Kier alpha value is -1.92. The average Bonchev–Trinajstić information content (AvgIpc) is 2.48. The normalized spacial score (nSPS) is 12.1. The van der Waals surface area contributed by atoms with Crippen molar-refractivity contribution in [3.8, 4) is 0 Å². The molecule has 2 rings (SSSR count). The smallest absolute Gasteiger partial charge is 0.269 e. The summed E-state index contributed by atoms with van der Waals surface area (Å²) < 4.78 is 0. The number of rotatable bonds is 6. The summed E-state index contributed by atoms with van der Waals surface area (Å²) in [6.07, 6.45) is 1.76. The Balaban J connectivity index is 2.21. The maximum atomic E-state index is 10.7. The van der Waals surface area contributed by atoms with Crippen molar-refractivity contribution in [2.75, 3.05) is 6.54 Å². The highest BCUT2D eigenvalue weighted by Crippen LogP contribution is 2.32. The van der Waals surface area contributed by atoms with E-state index in [1.165, 1.54) is 23.9 Å². The molecule has 6 heteroatoms. The van der Waals surface area contributed by atoms with Crippen molar-refractivity contribution in [3.05, 3.63) is 58.3 Å². The third kappa shape index (κ3) is 4.03.